The first-order valence-electron chi connectivity index (χ1n) is 10.0. The Bertz CT molecular complexity index is 1040. The summed E-state index contributed by atoms with van der Waals surface area (Å²) in [7, 11) is 1.77. The van der Waals surface area contributed by atoms with Gasteiger partial charge in [-0.25, -0.2) is 4.98 Å². The van der Waals surface area contributed by atoms with Crippen LogP contribution in [-0.2, 0) is 9.53 Å². The molecule has 1 aromatic carbocycles. The molecule has 2 aromatic heterocycles. The van der Waals surface area contributed by atoms with Crippen LogP contribution in [0.15, 0.2) is 24.3 Å². The van der Waals surface area contributed by atoms with Crippen molar-refractivity contribution >= 4 is 28.8 Å². The number of nitrogens with one attached hydrogen (secondary N) is 1. The summed E-state index contributed by atoms with van der Waals surface area (Å²) in [5, 5.41) is 3.23. The number of hydrogen-bond donors (Lipinski definition) is 1. The largest absolute Gasteiger partial charge is 0.378 e. The summed E-state index contributed by atoms with van der Waals surface area (Å²) in [4.78, 5) is 33.8. The van der Waals surface area contributed by atoms with E-state index in [0.717, 1.165) is 29.9 Å². The number of fused-ring (bicyclic) bond motifs is 1. The maximum atomic E-state index is 11.4. The van der Waals surface area contributed by atoms with E-state index in [-0.39, 0.29) is 5.91 Å². The Hall–Kier alpha value is -3.27. The van der Waals surface area contributed by atoms with Gasteiger partial charge in [0.2, 0.25) is 23.8 Å². The molecule has 1 N–H and O–H groups in total. The Morgan fingerprint density at radius 1 is 1.13 bits per heavy atom. The highest BCUT2D eigenvalue weighted by Crippen LogP contribution is 2.21. The fraction of sp³-hybridized carbons (Fsp3) is 0.450. The lowest BCUT2D eigenvalue weighted by atomic mass is 10.3. The number of hydrogen-bond acceptors (Lipinski definition) is 8. The van der Waals surface area contributed by atoms with Gasteiger partial charge in [0.15, 0.2) is 0 Å². The van der Waals surface area contributed by atoms with Gasteiger partial charge in [-0.15, -0.1) is 0 Å². The molecule has 10 nitrogen and oxygen atoms in total. The number of para-hydroxylation sites is 2. The van der Waals surface area contributed by atoms with Crippen molar-refractivity contribution in [3.63, 3.8) is 0 Å². The molecule has 0 saturated carbocycles. The molecule has 0 unspecified atom stereocenters. The monoisotopic (exact) mass is 410 g/mol. The van der Waals surface area contributed by atoms with Crippen molar-refractivity contribution in [3.05, 3.63) is 30.1 Å². The third-order valence-corrected chi connectivity index (χ3v) is 5.10. The summed E-state index contributed by atoms with van der Waals surface area (Å²) in [6.07, 6.45) is 0. The van der Waals surface area contributed by atoms with Gasteiger partial charge in [0.05, 0.1) is 24.2 Å². The molecule has 3 aromatic rings. The summed E-state index contributed by atoms with van der Waals surface area (Å²) in [5.41, 5.74) is 1.83. The third kappa shape index (κ3) is 4.18. The molecule has 3 heterocycles. The van der Waals surface area contributed by atoms with Crippen LogP contribution in [0.4, 0.5) is 11.9 Å². The van der Waals surface area contributed by atoms with Crippen molar-refractivity contribution in [1.82, 2.24) is 29.4 Å². The van der Waals surface area contributed by atoms with Crippen LogP contribution in [0.1, 0.15) is 12.7 Å². The maximum absolute atomic E-state index is 11.4. The number of amides is 1. The van der Waals surface area contributed by atoms with Crippen LogP contribution >= 0.6 is 0 Å². The van der Waals surface area contributed by atoms with E-state index in [2.05, 4.69) is 25.2 Å². The Morgan fingerprint density at radius 3 is 2.63 bits per heavy atom. The molecule has 1 fully saturated rings. The molecule has 4 rings (SSSR count). The summed E-state index contributed by atoms with van der Waals surface area (Å²) < 4.78 is 7.40. The zero-order valence-corrected chi connectivity index (χ0v) is 17.5. The minimum atomic E-state index is 0.0163. The summed E-state index contributed by atoms with van der Waals surface area (Å²) in [6, 6.07) is 7.91. The van der Waals surface area contributed by atoms with E-state index in [0.29, 0.717) is 44.1 Å². The van der Waals surface area contributed by atoms with Gasteiger partial charge in [-0.05, 0) is 19.1 Å². The van der Waals surface area contributed by atoms with Crippen molar-refractivity contribution < 1.29 is 9.53 Å². The second-order valence-electron chi connectivity index (χ2n) is 7.21. The van der Waals surface area contributed by atoms with Crippen LogP contribution in [0.5, 0.6) is 0 Å². The number of ether oxygens (including phenoxy) is 1. The van der Waals surface area contributed by atoms with Gasteiger partial charge in [0.25, 0.3) is 0 Å². The summed E-state index contributed by atoms with van der Waals surface area (Å²) in [5.74, 6) is 2.40. The summed E-state index contributed by atoms with van der Waals surface area (Å²) >= 11 is 0. The number of morpholine rings is 1. The number of aromatic nitrogens is 5. The number of carbonyl (C=O) groups excluding carboxylic acids is 1. The second-order valence-corrected chi connectivity index (χ2v) is 7.21. The number of rotatable bonds is 6. The molecule has 1 amide bonds. The molecule has 0 radical (unpaired) electrons. The quantitative estimate of drug-likeness (QED) is 0.648. The van der Waals surface area contributed by atoms with E-state index in [4.69, 9.17) is 9.72 Å². The standard InChI is InChI=1S/C20H26N8O2/c1-14-22-16-6-4-5-7-17(16)28(14)20-24-18(21-8-9-26(3)15(2)29)23-19(25-20)27-10-12-30-13-11-27/h4-7H,8-13H2,1-3H3,(H,21,23,24,25). The normalized spacial score (nSPS) is 14.2. The summed E-state index contributed by atoms with van der Waals surface area (Å²) in [6.45, 7) is 7.29. The molecule has 1 saturated heterocycles. The number of carbonyl (C=O) groups is 1. The van der Waals surface area contributed by atoms with E-state index >= 15 is 0 Å². The molecule has 10 heteroatoms. The minimum absolute atomic E-state index is 0.0163. The fourth-order valence-electron chi connectivity index (χ4n) is 3.33. The van der Waals surface area contributed by atoms with E-state index in [1.807, 2.05) is 35.8 Å². The highest BCUT2D eigenvalue weighted by molar-refractivity contribution is 5.77. The SMILES string of the molecule is CC(=O)N(C)CCNc1nc(N2CCOCC2)nc(-n2c(C)nc3ccccc32)n1. The third-order valence-electron chi connectivity index (χ3n) is 5.10. The molecular weight excluding hydrogens is 384 g/mol. The van der Waals surface area contributed by atoms with Crippen molar-refractivity contribution in [2.45, 2.75) is 13.8 Å². The molecule has 30 heavy (non-hydrogen) atoms. The first-order valence-corrected chi connectivity index (χ1v) is 10.0. The number of nitrogens with zero attached hydrogens (tertiary/aromatic N) is 7. The van der Waals surface area contributed by atoms with Crippen molar-refractivity contribution in [3.8, 4) is 5.95 Å². The van der Waals surface area contributed by atoms with Gasteiger partial charge >= 0.3 is 0 Å². The van der Waals surface area contributed by atoms with Crippen LogP contribution in [0, 0.1) is 6.92 Å². The highest BCUT2D eigenvalue weighted by Gasteiger charge is 2.19. The van der Waals surface area contributed by atoms with Gasteiger partial charge in [-0.3, -0.25) is 9.36 Å². The Morgan fingerprint density at radius 2 is 1.87 bits per heavy atom. The Kier molecular flexibility index (Phi) is 5.75. The molecule has 158 valence electrons. The second kappa shape index (κ2) is 8.62. The molecule has 0 aliphatic carbocycles. The fourth-order valence-corrected chi connectivity index (χ4v) is 3.33. The van der Waals surface area contributed by atoms with Crippen LogP contribution in [-0.4, -0.2) is 81.8 Å². The number of benzene rings is 1. The lowest BCUT2D eigenvalue weighted by Gasteiger charge is -2.27. The first-order chi connectivity index (χ1) is 14.5. The zero-order valence-electron chi connectivity index (χ0n) is 17.5. The lowest BCUT2D eigenvalue weighted by molar-refractivity contribution is -0.127. The van der Waals surface area contributed by atoms with Gasteiger partial charge in [-0.2, -0.15) is 15.0 Å². The lowest BCUT2D eigenvalue weighted by Crippen LogP contribution is -2.38. The smallest absolute Gasteiger partial charge is 0.242 e. The molecule has 1 aliphatic heterocycles. The van der Waals surface area contributed by atoms with Gasteiger partial charge < -0.3 is 19.9 Å². The van der Waals surface area contributed by atoms with Crippen molar-refractivity contribution in [2.75, 3.05) is 56.7 Å². The molecule has 0 atom stereocenters. The average Bonchev–Trinajstić information content (AvgIpc) is 3.09. The van der Waals surface area contributed by atoms with Crippen LogP contribution < -0.4 is 10.2 Å². The van der Waals surface area contributed by atoms with Gasteiger partial charge in [0, 0.05) is 40.2 Å². The topological polar surface area (TPSA) is 101 Å². The predicted octanol–water partition coefficient (Wildman–Crippen LogP) is 1.25. The Balaban J connectivity index is 1.69. The van der Waals surface area contributed by atoms with E-state index < -0.39 is 0 Å². The molecule has 1 aliphatic rings. The molecular formula is C20H26N8O2. The van der Waals surface area contributed by atoms with Gasteiger partial charge in [-0.1, -0.05) is 12.1 Å². The minimum Gasteiger partial charge on any atom is -0.378 e. The molecule has 0 bridgehead atoms. The van der Waals surface area contributed by atoms with Gasteiger partial charge in [0.1, 0.15) is 5.82 Å². The van der Waals surface area contributed by atoms with E-state index in [1.54, 1.807) is 18.9 Å². The number of likely N-dealkylation sites (N-methyl/N-ethyl adjacent to an activating group) is 1. The Labute approximate surface area is 174 Å². The zero-order chi connectivity index (χ0) is 21.1. The van der Waals surface area contributed by atoms with Crippen LogP contribution in [0.2, 0.25) is 0 Å². The van der Waals surface area contributed by atoms with Crippen LogP contribution in [0.25, 0.3) is 17.0 Å². The highest BCUT2D eigenvalue weighted by atomic mass is 16.5. The number of aryl methyl sites for hydroxylation is 1. The first kappa shape index (κ1) is 20.0. The number of imidazole rings is 1. The predicted molar refractivity (Wildman–Crippen MR) is 114 cm³/mol. The van der Waals surface area contributed by atoms with Crippen molar-refractivity contribution in [2.24, 2.45) is 0 Å². The molecule has 0 spiro atoms. The van der Waals surface area contributed by atoms with E-state index in [9.17, 15) is 4.79 Å². The maximum Gasteiger partial charge on any atom is 0.242 e. The van der Waals surface area contributed by atoms with Crippen molar-refractivity contribution in [1.29, 1.82) is 0 Å². The van der Waals surface area contributed by atoms with E-state index in [1.165, 1.54) is 0 Å². The van der Waals surface area contributed by atoms with Crippen LogP contribution in [0.3, 0.4) is 0 Å². The number of anilines is 2. The average molecular weight is 410 g/mol.